The van der Waals surface area contributed by atoms with Crippen LogP contribution in [0, 0.1) is 0 Å². The van der Waals surface area contributed by atoms with Crippen LogP contribution in [-0.4, -0.2) is 51.1 Å². The number of likely N-dealkylation sites (N-methyl/N-ethyl adjacent to an activating group) is 1. The molecule has 1 aliphatic heterocycles. The van der Waals surface area contributed by atoms with E-state index in [1.54, 1.807) is 20.8 Å². The first-order valence-electron chi connectivity index (χ1n) is 8.85. The zero-order chi connectivity index (χ0) is 20.3. The van der Waals surface area contributed by atoms with Crippen molar-refractivity contribution in [3.05, 3.63) is 33.7 Å². The fourth-order valence-electron chi connectivity index (χ4n) is 2.56. The Balaban J connectivity index is 1.66. The Morgan fingerprint density at radius 1 is 1.29 bits per heavy atom. The van der Waals surface area contributed by atoms with Crippen molar-refractivity contribution in [2.24, 2.45) is 0 Å². The number of hydrogen-bond donors (Lipinski definition) is 1. The molecule has 0 bridgehead atoms. The van der Waals surface area contributed by atoms with Crippen molar-refractivity contribution >= 4 is 29.2 Å². The smallest absolute Gasteiger partial charge is 0.429 e. The van der Waals surface area contributed by atoms with E-state index in [4.69, 9.17) is 9.47 Å². The molecule has 10 heteroatoms. The van der Waals surface area contributed by atoms with Crippen molar-refractivity contribution in [1.29, 1.82) is 0 Å². The highest BCUT2D eigenvalue weighted by Crippen LogP contribution is 2.25. The summed E-state index contributed by atoms with van der Waals surface area (Å²) in [5.41, 5.74) is 0.637. The van der Waals surface area contributed by atoms with Crippen LogP contribution in [0.4, 0.5) is 10.6 Å². The lowest BCUT2D eigenvalue weighted by atomic mass is 10.2. The maximum absolute atomic E-state index is 12.6. The summed E-state index contributed by atoms with van der Waals surface area (Å²) in [5.74, 6) is -0.137. The predicted octanol–water partition coefficient (Wildman–Crippen LogP) is 2.63. The van der Waals surface area contributed by atoms with Crippen molar-refractivity contribution in [1.82, 2.24) is 19.9 Å². The van der Waals surface area contributed by atoms with E-state index >= 15 is 0 Å². The van der Waals surface area contributed by atoms with Crippen LogP contribution in [0.25, 0.3) is 0 Å². The van der Waals surface area contributed by atoms with E-state index in [0.717, 1.165) is 30.1 Å². The second-order valence-corrected chi connectivity index (χ2v) is 8.52. The monoisotopic (exact) mass is 405 g/mol. The van der Waals surface area contributed by atoms with Crippen molar-refractivity contribution in [2.45, 2.75) is 45.9 Å². The van der Waals surface area contributed by atoms with Crippen LogP contribution >= 0.6 is 11.3 Å². The maximum atomic E-state index is 12.6. The Kier molecular flexibility index (Phi) is 5.90. The first-order valence-corrected chi connectivity index (χ1v) is 9.67. The number of ether oxygens (including phenoxy) is 2. The van der Waals surface area contributed by atoms with Crippen molar-refractivity contribution < 1.29 is 19.1 Å². The lowest BCUT2D eigenvalue weighted by molar-refractivity contribution is -0.0112. The lowest BCUT2D eigenvalue weighted by Crippen LogP contribution is -2.25. The van der Waals surface area contributed by atoms with Crippen LogP contribution < -0.4 is 5.32 Å². The molecule has 1 aliphatic rings. The van der Waals surface area contributed by atoms with E-state index in [-0.39, 0.29) is 18.3 Å². The number of hydrogen-bond acceptors (Lipinski definition) is 9. The van der Waals surface area contributed by atoms with Gasteiger partial charge in [0.1, 0.15) is 17.9 Å². The summed E-state index contributed by atoms with van der Waals surface area (Å²) in [6.45, 7) is 6.78. The Hall–Kier alpha value is -2.59. The molecule has 150 valence electrons. The van der Waals surface area contributed by atoms with Gasteiger partial charge in [-0.05, 0) is 27.8 Å². The molecule has 3 rings (SSSR count). The van der Waals surface area contributed by atoms with Gasteiger partial charge in [-0.25, -0.2) is 14.8 Å². The molecule has 9 nitrogen and oxygen atoms in total. The number of nitrogens with zero attached hydrogens (tertiary/aromatic N) is 4. The van der Waals surface area contributed by atoms with Gasteiger partial charge in [0.05, 0.1) is 5.69 Å². The maximum Gasteiger partial charge on any atom is 0.509 e. The SMILES string of the molecule is CN1CCc2nc(C(=O)Nc3nccnc3COC(=O)OC(C)(C)C)sc2C1. The highest BCUT2D eigenvalue weighted by molar-refractivity contribution is 7.13. The molecular formula is C18H23N5O4S. The molecule has 0 fully saturated rings. The molecule has 0 aromatic carbocycles. The third-order valence-corrected chi connectivity index (χ3v) is 4.92. The lowest BCUT2D eigenvalue weighted by Gasteiger charge is -2.20. The molecule has 1 amide bonds. The van der Waals surface area contributed by atoms with E-state index in [1.165, 1.54) is 23.7 Å². The van der Waals surface area contributed by atoms with E-state index < -0.39 is 11.8 Å². The summed E-state index contributed by atoms with van der Waals surface area (Å²) in [6.07, 6.45) is 2.93. The standard InChI is InChI=1S/C18H23N5O4S/c1-18(2,3)27-17(25)26-10-12-14(20-7-6-19-12)22-15(24)16-21-11-5-8-23(4)9-13(11)28-16/h6-7H,5,8-10H2,1-4H3,(H,20,22,24). The molecule has 0 saturated carbocycles. The van der Waals surface area contributed by atoms with Crippen molar-refractivity contribution in [2.75, 3.05) is 18.9 Å². The largest absolute Gasteiger partial charge is 0.509 e. The van der Waals surface area contributed by atoms with E-state index in [0.29, 0.717) is 10.7 Å². The Morgan fingerprint density at radius 2 is 2.04 bits per heavy atom. The van der Waals surface area contributed by atoms with Crippen molar-refractivity contribution in [3.8, 4) is 0 Å². The second-order valence-electron chi connectivity index (χ2n) is 7.44. The first-order chi connectivity index (χ1) is 13.2. The third kappa shape index (κ3) is 5.23. The van der Waals surface area contributed by atoms with Gasteiger partial charge in [0.2, 0.25) is 0 Å². The second kappa shape index (κ2) is 8.19. The van der Waals surface area contributed by atoms with Gasteiger partial charge in [-0.3, -0.25) is 9.78 Å². The number of rotatable bonds is 4. The predicted molar refractivity (Wildman–Crippen MR) is 103 cm³/mol. The topological polar surface area (TPSA) is 107 Å². The van der Waals surface area contributed by atoms with Crippen LogP contribution in [0.2, 0.25) is 0 Å². The van der Waals surface area contributed by atoms with Gasteiger partial charge in [-0.15, -0.1) is 11.3 Å². The summed E-state index contributed by atoms with van der Waals surface area (Å²) in [6, 6.07) is 0. The summed E-state index contributed by atoms with van der Waals surface area (Å²) < 4.78 is 10.2. The fraction of sp³-hybridized carbons (Fsp3) is 0.500. The van der Waals surface area contributed by atoms with Crippen LogP contribution in [0.1, 0.15) is 46.8 Å². The normalized spacial score (nSPS) is 14.3. The Morgan fingerprint density at radius 3 is 2.79 bits per heavy atom. The summed E-state index contributed by atoms with van der Waals surface area (Å²) in [4.78, 5) is 40.4. The molecule has 1 N–H and O–H groups in total. The van der Waals surface area contributed by atoms with Crippen LogP contribution in [0.3, 0.4) is 0 Å². The van der Waals surface area contributed by atoms with E-state index in [2.05, 4.69) is 25.2 Å². The molecule has 2 aromatic rings. The molecule has 2 aromatic heterocycles. The van der Waals surface area contributed by atoms with Crippen LogP contribution in [-0.2, 0) is 29.0 Å². The van der Waals surface area contributed by atoms with Crippen LogP contribution in [0.5, 0.6) is 0 Å². The van der Waals surface area contributed by atoms with Crippen LogP contribution in [0.15, 0.2) is 12.4 Å². The van der Waals surface area contributed by atoms with E-state index in [9.17, 15) is 9.59 Å². The number of thiazole rings is 1. The highest BCUT2D eigenvalue weighted by atomic mass is 32.1. The minimum absolute atomic E-state index is 0.169. The van der Waals surface area contributed by atoms with Gasteiger partial charge >= 0.3 is 6.16 Å². The number of carbonyl (C=O) groups excluding carboxylic acids is 2. The van der Waals surface area contributed by atoms with Gasteiger partial charge in [0.15, 0.2) is 10.8 Å². The Labute approximate surface area is 167 Å². The third-order valence-electron chi connectivity index (χ3n) is 3.84. The molecule has 0 unspecified atom stereocenters. The number of carbonyl (C=O) groups is 2. The Bertz CT molecular complexity index is 877. The number of fused-ring (bicyclic) bond motifs is 1. The summed E-state index contributed by atoms with van der Waals surface area (Å²) >= 11 is 1.38. The van der Waals surface area contributed by atoms with Gasteiger partial charge < -0.3 is 19.7 Å². The average Bonchev–Trinajstić information content (AvgIpc) is 3.03. The molecule has 0 atom stereocenters. The van der Waals surface area contributed by atoms with Gasteiger partial charge in [-0.2, -0.15) is 0 Å². The minimum atomic E-state index is -0.813. The number of amides is 1. The minimum Gasteiger partial charge on any atom is -0.429 e. The average molecular weight is 405 g/mol. The molecule has 3 heterocycles. The molecular weight excluding hydrogens is 382 g/mol. The van der Waals surface area contributed by atoms with Crippen molar-refractivity contribution in [3.63, 3.8) is 0 Å². The van der Waals surface area contributed by atoms with E-state index in [1.807, 2.05) is 7.05 Å². The summed E-state index contributed by atoms with van der Waals surface area (Å²) in [7, 11) is 2.04. The molecule has 28 heavy (non-hydrogen) atoms. The number of nitrogens with one attached hydrogen (secondary N) is 1. The molecule has 0 spiro atoms. The van der Waals surface area contributed by atoms with Gasteiger partial charge in [0.25, 0.3) is 5.91 Å². The highest BCUT2D eigenvalue weighted by Gasteiger charge is 2.23. The quantitative estimate of drug-likeness (QED) is 0.774. The number of aromatic nitrogens is 3. The van der Waals surface area contributed by atoms with Gasteiger partial charge in [0, 0.05) is 36.8 Å². The molecule has 0 aliphatic carbocycles. The number of anilines is 1. The fourth-order valence-corrected chi connectivity index (χ4v) is 3.65. The van der Waals surface area contributed by atoms with Gasteiger partial charge in [-0.1, -0.05) is 0 Å². The first kappa shape index (κ1) is 20.2. The molecule has 0 saturated heterocycles. The zero-order valence-electron chi connectivity index (χ0n) is 16.3. The summed E-state index contributed by atoms with van der Waals surface area (Å²) in [5, 5.41) is 3.09. The zero-order valence-corrected chi connectivity index (χ0v) is 17.1. The molecule has 0 radical (unpaired) electrons.